The largest absolute Gasteiger partial charge is 0.477 e. The molecule has 0 bridgehead atoms. The zero-order valence-electron chi connectivity index (χ0n) is 9.79. The Morgan fingerprint density at radius 3 is 2.72 bits per heavy atom. The Kier molecular flexibility index (Phi) is 3.08. The van der Waals surface area contributed by atoms with Crippen molar-refractivity contribution in [3.8, 4) is 0 Å². The van der Waals surface area contributed by atoms with Gasteiger partial charge < -0.3 is 9.67 Å². The van der Waals surface area contributed by atoms with Crippen molar-refractivity contribution in [2.24, 2.45) is 5.92 Å². The van der Waals surface area contributed by atoms with Gasteiger partial charge in [0.25, 0.3) is 0 Å². The fraction of sp³-hybridized carbons (Fsp3) is 0.636. The smallest absolute Gasteiger partial charge is 0.392 e. The summed E-state index contributed by atoms with van der Waals surface area (Å²) in [7, 11) is 0. The molecule has 18 heavy (non-hydrogen) atoms. The molecule has 100 valence electrons. The van der Waals surface area contributed by atoms with Crippen molar-refractivity contribution in [2.75, 3.05) is 0 Å². The molecule has 1 aromatic heterocycles. The van der Waals surface area contributed by atoms with Crippen LogP contribution in [0.1, 0.15) is 35.4 Å². The van der Waals surface area contributed by atoms with E-state index in [1.54, 1.807) is 6.92 Å². The summed E-state index contributed by atoms with van der Waals surface area (Å²) in [5, 5.41) is 9.08. The van der Waals surface area contributed by atoms with Gasteiger partial charge in [0, 0.05) is 13.0 Å². The highest BCUT2D eigenvalue weighted by atomic mass is 19.4. The van der Waals surface area contributed by atoms with Crippen LogP contribution in [0.3, 0.4) is 0 Å². The average Bonchev–Trinajstić information content (AvgIpc) is 2.64. The molecule has 1 atom stereocenters. The highest BCUT2D eigenvalue weighted by molar-refractivity contribution is 5.87. The third kappa shape index (κ3) is 2.09. The molecule has 1 aliphatic heterocycles. The van der Waals surface area contributed by atoms with Crippen molar-refractivity contribution in [1.82, 2.24) is 9.55 Å². The molecule has 0 fully saturated rings. The molecule has 0 saturated heterocycles. The van der Waals surface area contributed by atoms with Gasteiger partial charge in [-0.25, -0.2) is 9.78 Å². The fourth-order valence-electron chi connectivity index (χ4n) is 2.32. The molecule has 0 aliphatic carbocycles. The summed E-state index contributed by atoms with van der Waals surface area (Å²) in [5.41, 5.74) is 0.397. The molecule has 0 unspecified atom stereocenters. The summed E-state index contributed by atoms with van der Waals surface area (Å²) in [5.74, 6) is -2.31. The van der Waals surface area contributed by atoms with E-state index in [0.717, 1.165) is 0 Å². The van der Waals surface area contributed by atoms with Crippen molar-refractivity contribution < 1.29 is 23.1 Å². The Morgan fingerprint density at radius 2 is 2.22 bits per heavy atom. The van der Waals surface area contributed by atoms with Crippen LogP contribution in [-0.2, 0) is 19.4 Å². The van der Waals surface area contributed by atoms with Crippen LogP contribution in [0.25, 0.3) is 0 Å². The van der Waals surface area contributed by atoms with E-state index in [9.17, 15) is 18.0 Å². The van der Waals surface area contributed by atoms with Gasteiger partial charge in [0.05, 0.1) is 11.6 Å². The first-order chi connectivity index (χ1) is 8.34. The van der Waals surface area contributed by atoms with E-state index >= 15 is 0 Å². The number of nitrogens with zero attached hydrogens (tertiary/aromatic N) is 2. The third-order valence-corrected chi connectivity index (χ3v) is 3.25. The molecular formula is C11H13F3N2O2. The number of carboxylic acids is 1. The standard InChI is InChI=1S/C11H13F3N2O2/c1-2-7-9(10(17)18)16-4-3-6(11(12,13)14)5-8(16)15-7/h6H,2-5H2,1H3,(H,17,18)/t6-/m1/s1. The van der Waals surface area contributed by atoms with Crippen LogP contribution in [0.15, 0.2) is 0 Å². The number of aryl methyl sites for hydroxylation is 1. The van der Waals surface area contributed by atoms with Gasteiger partial charge in [0.1, 0.15) is 5.82 Å². The predicted octanol–water partition coefficient (Wildman–Crippen LogP) is 2.27. The van der Waals surface area contributed by atoms with Crippen LogP contribution in [0, 0.1) is 5.92 Å². The maximum Gasteiger partial charge on any atom is 0.392 e. The van der Waals surface area contributed by atoms with Gasteiger partial charge in [-0.15, -0.1) is 0 Å². The lowest BCUT2D eigenvalue weighted by Crippen LogP contribution is -2.32. The molecule has 7 heteroatoms. The summed E-state index contributed by atoms with van der Waals surface area (Å²) in [6.07, 6.45) is -4.16. The number of aromatic nitrogens is 2. The SMILES string of the molecule is CCc1nc2n(c1C(=O)O)CC[C@@H](C(F)(F)F)C2. The average molecular weight is 262 g/mol. The molecule has 1 aromatic rings. The molecule has 4 nitrogen and oxygen atoms in total. The van der Waals surface area contributed by atoms with E-state index in [1.165, 1.54) is 4.57 Å². The second-order valence-corrected chi connectivity index (χ2v) is 4.37. The summed E-state index contributed by atoms with van der Waals surface area (Å²) >= 11 is 0. The van der Waals surface area contributed by atoms with Crippen molar-refractivity contribution in [3.05, 3.63) is 17.2 Å². The lowest BCUT2D eigenvalue weighted by Gasteiger charge is -2.25. The number of imidazole rings is 1. The van der Waals surface area contributed by atoms with Gasteiger partial charge >= 0.3 is 12.1 Å². The minimum Gasteiger partial charge on any atom is -0.477 e. The van der Waals surface area contributed by atoms with E-state index in [4.69, 9.17) is 5.11 Å². The van der Waals surface area contributed by atoms with Crippen LogP contribution in [-0.4, -0.2) is 26.8 Å². The maximum absolute atomic E-state index is 12.6. The van der Waals surface area contributed by atoms with E-state index in [1.807, 2.05) is 0 Å². The number of hydrogen-bond acceptors (Lipinski definition) is 2. The number of alkyl halides is 3. The predicted molar refractivity (Wildman–Crippen MR) is 56.4 cm³/mol. The molecule has 0 spiro atoms. The highest BCUT2D eigenvalue weighted by Gasteiger charge is 2.42. The molecule has 2 heterocycles. The molecule has 1 aliphatic rings. The van der Waals surface area contributed by atoms with Crippen molar-refractivity contribution >= 4 is 5.97 Å². The van der Waals surface area contributed by atoms with E-state index in [-0.39, 0.29) is 30.9 Å². The Hall–Kier alpha value is -1.53. The first-order valence-electron chi connectivity index (χ1n) is 5.72. The van der Waals surface area contributed by atoms with Gasteiger partial charge in [0.15, 0.2) is 5.69 Å². The van der Waals surface area contributed by atoms with Crippen LogP contribution < -0.4 is 0 Å². The number of fused-ring (bicyclic) bond motifs is 1. The molecule has 2 rings (SSSR count). The van der Waals surface area contributed by atoms with Crippen molar-refractivity contribution in [2.45, 2.75) is 38.9 Å². The Morgan fingerprint density at radius 1 is 1.56 bits per heavy atom. The zero-order chi connectivity index (χ0) is 13.5. The number of carbonyl (C=O) groups is 1. The summed E-state index contributed by atoms with van der Waals surface area (Å²) in [4.78, 5) is 15.1. The molecule has 0 saturated carbocycles. The first kappa shape index (κ1) is 12.9. The number of aromatic carboxylic acids is 1. The lowest BCUT2D eigenvalue weighted by atomic mass is 9.97. The van der Waals surface area contributed by atoms with Crippen LogP contribution in [0.4, 0.5) is 13.2 Å². The zero-order valence-corrected chi connectivity index (χ0v) is 9.79. The topological polar surface area (TPSA) is 55.1 Å². The Labute approximate surface area is 101 Å². The van der Waals surface area contributed by atoms with E-state index < -0.39 is 18.1 Å². The number of carboxylic acid groups (broad SMARTS) is 1. The van der Waals surface area contributed by atoms with Gasteiger partial charge in [-0.3, -0.25) is 0 Å². The quantitative estimate of drug-likeness (QED) is 0.889. The van der Waals surface area contributed by atoms with Crippen LogP contribution >= 0.6 is 0 Å². The van der Waals surface area contributed by atoms with Gasteiger partial charge in [-0.2, -0.15) is 13.2 Å². The van der Waals surface area contributed by atoms with Crippen molar-refractivity contribution in [3.63, 3.8) is 0 Å². The van der Waals surface area contributed by atoms with E-state index in [2.05, 4.69) is 4.98 Å². The summed E-state index contributed by atoms with van der Waals surface area (Å²) in [6.45, 7) is 1.80. The number of hydrogen-bond donors (Lipinski definition) is 1. The highest BCUT2D eigenvalue weighted by Crippen LogP contribution is 2.35. The Bertz CT molecular complexity index is 479. The minimum atomic E-state index is -4.24. The second-order valence-electron chi connectivity index (χ2n) is 4.37. The fourth-order valence-corrected chi connectivity index (χ4v) is 2.32. The lowest BCUT2D eigenvalue weighted by molar-refractivity contribution is -0.179. The normalized spacial score (nSPS) is 19.7. The molecule has 0 amide bonds. The molecular weight excluding hydrogens is 249 g/mol. The number of halogens is 3. The summed E-state index contributed by atoms with van der Waals surface area (Å²) in [6, 6.07) is 0. The molecule has 1 N–H and O–H groups in total. The van der Waals surface area contributed by atoms with Gasteiger partial charge in [0.2, 0.25) is 0 Å². The number of rotatable bonds is 2. The van der Waals surface area contributed by atoms with E-state index in [0.29, 0.717) is 12.1 Å². The minimum absolute atomic E-state index is 0.0353. The first-order valence-corrected chi connectivity index (χ1v) is 5.72. The Balaban J connectivity index is 2.38. The van der Waals surface area contributed by atoms with Crippen LogP contribution in [0.2, 0.25) is 0 Å². The summed E-state index contributed by atoms with van der Waals surface area (Å²) < 4.78 is 39.3. The van der Waals surface area contributed by atoms with Gasteiger partial charge in [-0.1, -0.05) is 6.92 Å². The van der Waals surface area contributed by atoms with Crippen molar-refractivity contribution in [1.29, 1.82) is 0 Å². The maximum atomic E-state index is 12.6. The van der Waals surface area contributed by atoms with Crippen LogP contribution in [0.5, 0.6) is 0 Å². The monoisotopic (exact) mass is 262 g/mol. The van der Waals surface area contributed by atoms with Gasteiger partial charge in [-0.05, 0) is 12.8 Å². The molecule has 0 aromatic carbocycles. The molecule has 0 radical (unpaired) electrons. The third-order valence-electron chi connectivity index (χ3n) is 3.25. The second kappa shape index (κ2) is 4.29.